The van der Waals surface area contributed by atoms with E-state index < -0.39 is 0 Å². The van der Waals surface area contributed by atoms with Crippen molar-refractivity contribution < 1.29 is 24.1 Å². The third-order valence-electron chi connectivity index (χ3n) is 5.88. The highest BCUT2D eigenvalue weighted by Crippen LogP contribution is 2.37. The molecule has 1 atom stereocenters. The number of aliphatic hydroxyl groups excluding tert-OH is 1. The summed E-state index contributed by atoms with van der Waals surface area (Å²) in [5.41, 5.74) is 5.55. The monoisotopic (exact) mass is 531 g/mol. The SMILES string of the molecule is CC#CC(CC=O)c1ccc(OCc2ccc3scc(-c4ccc(OCCOC)cc4C)c3c2)nc1.CO. The lowest BCUT2D eigenvalue weighted by Crippen LogP contribution is -2.04. The van der Waals surface area contributed by atoms with Crippen LogP contribution in [0.15, 0.2) is 60.1 Å². The molecule has 0 aliphatic carbocycles. The molecule has 0 spiro atoms. The van der Waals surface area contributed by atoms with E-state index in [9.17, 15) is 4.79 Å². The number of hydrogen-bond acceptors (Lipinski definition) is 7. The van der Waals surface area contributed by atoms with Gasteiger partial charge in [0.1, 0.15) is 25.2 Å². The first-order valence-corrected chi connectivity index (χ1v) is 13.1. The lowest BCUT2D eigenvalue weighted by atomic mass is 9.99. The molecule has 2 heterocycles. The molecule has 7 heteroatoms. The van der Waals surface area contributed by atoms with E-state index in [4.69, 9.17) is 19.3 Å². The summed E-state index contributed by atoms with van der Waals surface area (Å²) in [6, 6.07) is 16.4. The van der Waals surface area contributed by atoms with Gasteiger partial charge in [0.25, 0.3) is 0 Å². The molecule has 2 aromatic heterocycles. The minimum absolute atomic E-state index is 0.136. The maximum atomic E-state index is 10.9. The van der Waals surface area contributed by atoms with E-state index in [1.54, 1.807) is 31.6 Å². The summed E-state index contributed by atoms with van der Waals surface area (Å²) in [5, 5.41) is 10.4. The van der Waals surface area contributed by atoms with Crippen molar-refractivity contribution in [3.8, 4) is 34.6 Å². The van der Waals surface area contributed by atoms with Crippen molar-refractivity contribution in [1.82, 2.24) is 4.98 Å². The van der Waals surface area contributed by atoms with Gasteiger partial charge in [-0.2, -0.15) is 0 Å². The largest absolute Gasteiger partial charge is 0.491 e. The molecule has 0 amide bonds. The summed E-state index contributed by atoms with van der Waals surface area (Å²) in [6.07, 6.45) is 2.98. The van der Waals surface area contributed by atoms with Crippen LogP contribution in [0.4, 0.5) is 0 Å². The van der Waals surface area contributed by atoms with Crippen LogP contribution < -0.4 is 9.47 Å². The average molecular weight is 532 g/mol. The molecule has 0 saturated carbocycles. The molecule has 38 heavy (non-hydrogen) atoms. The van der Waals surface area contributed by atoms with Gasteiger partial charge in [0.2, 0.25) is 5.88 Å². The fraction of sp³-hybridized carbons (Fsp3) is 0.290. The number of carbonyl (C=O) groups is 1. The molecular weight excluding hydrogens is 498 g/mol. The Bertz CT molecular complexity index is 1390. The first kappa shape index (κ1) is 28.9. The Hall–Kier alpha value is -3.70. The molecule has 0 fully saturated rings. The van der Waals surface area contributed by atoms with Crippen molar-refractivity contribution >= 4 is 27.7 Å². The molecule has 0 bridgehead atoms. The Morgan fingerprint density at radius 3 is 2.58 bits per heavy atom. The molecule has 0 aliphatic rings. The van der Waals surface area contributed by atoms with Gasteiger partial charge in [-0.15, -0.1) is 17.3 Å². The summed E-state index contributed by atoms with van der Waals surface area (Å²) in [4.78, 5) is 15.4. The topological polar surface area (TPSA) is 77.9 Å². The molecule has 4 aromatic rings. The van der Waals surface area contributed by atoms with Gasteiger partial charge in [-0.3, -0.25) is 0 Å². The quantitative estimate of drug-likeness (QED) is 0.141. The Morgan fingerprint density at radius 1 is 1.05 bits per heavy atom. The zero-order chi connectivity index (χ0) is 27.3. The average Bonchev–Trinajstić information content (AvgIpc) is 3.36. The Labute approximate surface area is 228 Å². The highest BCUT2D eigenvalue weighted by Gasteiger charge is 2.12. The number of aldehydes is 1. The summed E-state index contributed by atoms with van der Waals surface area (Å²) >= 11 is 1.74. The number of hydrogen-bond donors (Lipinski definition) is 1. The number of aliphatic hydroxyl groups is 1. The molecular formula is C31H33NO5S. The number of carbonyl (C=O) groups excluding carboxylic acids is 1. The van der Waals surface area contributed by atoms with Gasteiger partial charge in [-0.05, 0) is 65.7 Å². The normalized spacial score (nSPS) is 11.1. The van der Waals surface area contributed by atoms with E-state index >= 15 is 0 Å². The van der Waals surface area contributed by atoms with Crippen LogP contribution in [0.1, 0.15) is 36.0 Å². The summed E-state index contributed by atoms with van der Waals surface area (Å²) in [6.45, 7) is 5.39. The van der Waals surface area contributed by atoms with Gasteiger partial charge < -0.3 is 24.1 Å². The van der Waals surface area contributed by atoms with Gasteiger partial charge in [0.15, 0.2) is 0 Å². The summed E-state index contributed by atoms with van der Waals surface area (Å²) in [5.74, 6) is 7.19. The fourth-order valence-corrected chi connectivity index (χ4v) is 4.98. The smallest absolute Gasteiger partial charge is 0.213 e. The molecule has 0 saturated heterocycles. The van der Waals surface area contributed by atoms with Gasteiger partial charge >= 0.3 is 0 Å². The molecule has 2 aromatic carbocycles. The molecule has 198 valence electrons. The standard InChI is InChI=1S/C30H29NO4S.CH4O/c1-4-5-23(12-13-32)24-7-11-30(31-18-24)35-19-22-6-10-29-27(17-22)28(20-36-29)26-9-8-25(16-21(26)2)34-15-14-33-3;1-2/h6-11,13,16-18,20,23H,12,14-15,19H2,1-3H3;2H,1H3. The van der Waals surface area contributed by atoms with E-state index in [0.29, 0.717) is 32.1 Å². The Balaban J connectivity index is 0.00000195. The number of benzene rings is 2. The first-order valence-electron chi connectivity index (χ1n) is 12.2. The van der Waals surface area contributed by atoms with Crippen molar-refractivity contribution in [2.45, 2.75) is 32.8 Å². The molecule has 6 nitrogen and oxygen atoms in total. The van der Waals surface area contributed by atoms with E-state index in [1.807, 2.05) is 18.2 Å². The van der Waals surface area contributed by atoms with Crippen molar-refractivity contribution in [3.63, 3.8) is 0 Å². The lowest BCUT2D eigenvalue weighted by Gasteiger charge is -2.11. The molecule has 1 N–H and O–H groups in total. The zero-order valence-corrected chi connectivity index (χ0v) is 23.0. The van der Waals surface area contributed by atoms with E-state index in [1.165, 1.54) is 21.2 Å². The zero-order valence-electron chi connectivity index (χ0n) is 22.2. The summed E-state index contributed by atoms with van der Waals surface area (Å²) < 4.78 is 18.0. The number of methoxy groups -OCH3 is 1. The number of aromatic nitrogens is 1. The van der Waals surface area contributed by atoms with Crippen LogP contribution >= 0.6 is 11.3 Å². The maximum absolute atomic E-state index is 10.9. The predicted octanol–water partition coefficient (Wildman–Crippen LogP) is 6.18. The minimum Gasteiger partial charge on any atom is -0.491 e. The van der Waals surface area contributed by atoms with Gasteiger partial charge in [0.05, 0.1) is 12.5 Å². The number of nitrogens with zero attached hydrogens (tertiary/aromatic N) is 1. The minimum atomic E-state index is -0.136. The number of rotatable bonds is 11. The van der Waals surface area contributed by atoms with Crippen LogP contribution in [0.2, 0.25) is 0 Å². The van der Waals surface area contributed by atoms with Crippen LogP contribution in [0.25, 0.3) is 21.2 Å². The number of ether oxygens (including phenoxy) is 3. The van der Waals surface area contributed by atoms with Crippen molar-refractivity contribution in [1.29, 1.82) is 0 Å². The number of aryl methyl sites for hydroxylation is 1. The van der Waals surface area contributed by atoms with Crippen LogP contribution in [0.3, 0.4) is 0 Å². The number of thiophene rings is 1. The van der Waals surface area contributed by atoms with Crippen LogP contribution in [-0.4, -0.2) is 43.8 Å². The fourth-order valence-electron chi connectivity index (χ4n) is 4.03. The third kappa shape index (κ3) is 7.42. The first-order chi connectivity index (χ1) is 18.6. The van der Waals surface area contributed by atoms with E-state index in [2.05, 4.69) is 59.5 Å². The van der Waals surface area contributed by atoms with Crippen LogP contribution in [0, 0.1) is 18.8 Å². The number of fused-ring (bicyclic) bond motifs is 1. The van der Waals surface area contributed by atoms with Gasteiger partial charge in [-0.25, -0.2) is 4.98 Å². The van der Waals surface area contributed by atoms with E-state index in [0.717, 1.165) is 35.8 Å². The van der Waals surface area contributed by atoms with Gasteiger partial charge in [0, 0.05) is 48.6 Å². The molecule has 1 unspecified atom stereocenters. The third-order valence-corrected chi connectivity index (χ3v) is 6.84. The molecule has 0 aliphatic heterocycles. The second-order valence-electron chi connectivity index (χ2n) is 8.37. The Morgan fingerprint density at radius 2 is 1.89 bits per heavy atom. The molecule has 0 radical (unpaired) electrons. The van der Waals surface area contributed by atoms with Crippen molar-refractivity contribution in [3.05, 3.63) is 76.8 Å². The Kier molecular flexibility index (Phi) is 11.3. The predicted molar refractivity (Wildman–Crippen MR) is 153 cm³/mol. The second kappa shape index (κ2) is 14.9. The van der Waals surface area contributed by atoms with Crippen LogP contribution in [0.5, 0.6) is 11.6 Å². The van der Waals surface area contributed by atoms with E-state index in [-0.39, 0.29) is 5.92 Å². The van der Waals surface area contributed by atoms with Crippen LogP contribution in [-0.2, 0) is 16.1 Å². The lowest BCUT2D eigenvalue weighted by molar-refractivity contribution is -0.107. The second-order valence-corrected chi connectivity index (χ2v) is 9.28. The highest BCUT2D eigenvalue weighted by molar-refractivity contribution is 7.17. The maximum Gasteiger partial charge on any atom is 0.213 e. The van der Waals surface area contributed by atoms with Crippen molar-refractivity contribution in [2.75, 3.05) is 27.4 Å². The van der Waals surface area contributed by atoms with Gasteiger partial charge in [-0.1, -0.05) is 24.1 Å². The highest BCUT2D eigenvalue weighted by atomic mass is 32.1. The molecule has 4 rings (SSSR count). The van der Waals surface area contributed by atoms with Crippen molar-refractivity contribution in [2.24, 2.45) is 0 Å². The summed E-state index contributed by atoms with van der Waals surface area (Å²) in [7, 11) is 2.67. The number of pyridine rings is 1.